The number of halogens is 2. The quantitative estimate of drug-likeness (QED) is 0.718. The van der Waals surface area contributed by atoms with E-state index in [1.54, 1.807) is 12.1 Å². The molecule has 1 heterocycles. The van der Waals surface area contributed by atoms with Gasteiger partial charge in [-0.3, -0.25) is 10.2 Å². The van der Waals surface area contributed by atoms with Crippen molar-refractivity contribution in [2.75, 3.05) is 6.61 Å². The Morgan fingerprint density at radius 2 is 1.88 bits per heavy atom. The van der Waals surface area contributed by atoms with E-state index in [0.717, 1.165) is 17.7 Å². The second kappa shape index (κ2) is 7.40. The lowest BCUT2D eigenvalue weighted by Crippen LogP contribution is -2.48. The SMILES string of the molecule is O=C(NNC(=O)c1ccc(F)cc1)NC1CCOc2c(Cl)cccc21. The predicted molar refractivity (Wildman–Crippen MR) is 89.8 cm³/mol. The molecule has 0 aliphatic carbocycles. The van der Waals surface area contributed by atoms with Gasteiger partial charge in [-0.2, -0.15) is 0 Å². The van der Waals surface area contributed by atoms with Crippen molar-refractivity contribution in [1.29, 1.82) is 0 Å². The molecule has 3 rings (SSSR count). The minimum absolute atomic E-state index is 0.227. The number of rotatable bonds is 2. The van der Waals surface area contributed by atoms with Crippen LogP contribution in [-0.2, 0) is 0 Å². The van der Waals surface area contributed by atoms with E-state index in [1.165, 1.54) is 12.1 Å². The molecule has 130 valence electrons. The fourth-order valence-electron chi connectivity index (χ4n) is 2.52. The van der Waals surface area contributed by atoms with Crippen LogP contribution >= 0.6 is 11.6 Å². The van der Waals surface area contributed by atoms with Gasteiger partial charge in [0.05, 0.1) is 17.7 Å². The molecule has 0 fully saturated rings. The maximum absolute atomic E-state index is 12.8. The van der Waals surface area contributed by atoms with Crippen LogP contribution in [0.1, 0.15) is 28.4 Å². The summed E-state index contributed by atoms with van der Waals surface area (Å²) in [5.41, 5.74) is 5.54. The molecule has 0 aromatic heterocycles. The van der Waals surface area contributed by atoms with Crippen molar-refractivity contribution in [1.82, 2.24) is 16.2 Å². The molecule has 25 heavy (non-hydrogen) atoms. The average Bonchev–Trinajstić information content (AvgIpc) is 2.61. The van der Waals surface area contributed by atoms with Crippen LogP contribution in [0.25, 0.3) is 0 Å². The summed E-state index contributed by atoms with van der Waals surface area (Å²) in [6, 6.07) is 9.42. The molecule has 0 spiro atoms. The van der Waals surface area contributed by atoms with Crippen LogP contribution in [0, 0.1) is 5.82 Å². The molecule has 1 aliphatic rings. The predicted octanol–water partition coefficient (Wildman–Crippen LogP) is 2.95. The lowest BCUT2D eigenvalue weighted by atomic mass is 10.0. The first-order valence-corrected chi connectivity index (χ1v) is 7.96. The molecule has 1 unspecified atom stereocenters. The summed E-state index contributed by atoms with van der Waals surface area (Å²) in [6.07, 6.45) is 0.576. The van der Waals surface area contributed by atoms with Gasteiger partial charge in [0.2, 0.25) is 0 Å². The van der Waals surface area contributed by atoms with E-state index in [9.17, 15) is 14.0 Å². The molecule has 3 N–H and O–H groups in total. The first-order chi connectivity index (χ1) is 12.0. The van der Waals surface area contributed by atoms with Crippen LogP contribution in [0.3, 0.4) is 0 Å². The van der Waals surface area contributed by atoms with E-state index < -0.39 is 17.8 Å². The molecule has 1 aliphatic heterocycles. The standard InChI is InChI=1S/C17H15ClFN3O3/c18-13-3-1-2-12-14(8-9-25-15(12)13)20-17(24)22-21-16(23)10-4-6-11(19)7-5-10/h1-7,14H,8-9H2,(H,21,23)(H2,20,22,24). The number of fused-ring (bicyclic) bond motifs is 1. The van der Waals surface area contributed by atoms with Gasteiger partial charge in [-0.1, -0.05) is 23.7 Å². The number of urea groups is 1. The number of ether oxygens (including phenoxy) is 1. The highest BCUT2D eigenvalue weighted by molar-refractivity contribution is 6.32. The van der Waals surface area contributed by atoms with E-state index in [-0.39, 0.29) is 11.6 Å². The highest BCUT2D eigenvalue weighted by Crippen LogP contribution is 2.37. The van der Waals surface area contributed by atoms with E-state index in [0.29, 0.717) is 23.8 Å². The summed E-state index contributed by atoms with van der Waals surface area (Å²) in [5, 5.41) is 3.24. The highest BCUT2D eigenvalue weighted by atomic mass is 35.5. The Balaban J connectivity index is 1.58. The van der Waals surface area contributed by atoms with Crippen LogP contribution in [0.15, 0.2) is 42.5 Å². The van der Waals surface area contributed by atoms with Gasteiger partial charge >= 0.3 is 6.03 Å². The minimum atomic E-state index is -0.576. The van der Waals surface area contributed by atoms with Crippen molar-refractivity contribution in [3.05, 3.63) is 64.4 Å². The lowest BCUT2D eigenvalue weighted by molar-refractivity contribution is 0.0935. The molecule has 2 aromatic rings. The first-order valence-electron chi connectivity index (χ1n) is 7.58. The molecular weight excluding hydrogens is 349 g/mol. The van der Waals surface area contributed by atoms with E-state index >= 15 is 0 Å². The van der Waals surface area contributed by atoms with Crippen molar-refractivity contribution in [3.63, 3.8) is 0 Å². The average molecular weight is 364 g/mol. The number of amides is 3. The Hall–Kier alpha value is -2.80. The van der Waals surface area contributed by atoms with E-state index in [2.05, 4.69) is 16.2 Å². The van der Waals surface area contributed by atoms with Gasteiger partial charge in [-0.15, -0.1) is 0 Å². The molecule has 0 saturated heterocycles. The van der Waals surface area contributed by atoms with Crippen LogP contribution in [-0.4, -0.2) is 18.5 Å². The largest absolute Gasteiger partial charge is 0.492 e. The highest BCUT2D eigenvalue weighted by Gasteiger charge is 2.24. The molecule has 6 nitrogen and oxygen atoms in total. The monoisotopic (exact) mass is 363 g/mol. The van der Waals surface area contributed by atoms with Gasteiger partial charge in [0.1, 0.15) is 11.6 Å². The number of para-hydroxylation sites is 1. The number of hydrazine groups is 1. The number of carbonyl (C=O) groups is 2. The number of hydrogen-bond donors (Lipinski definition) is 3. The summed E-state index contributed by atoms with van der Waals surface area (Å²) < 4.78 is 18.4. The third-order valence-corrected chi connectivity index (χ3v) is 4.02. The normalized spacial score (nSPS) is 15.5. The lowest BCUT2D eigenvalue weighted by Gasteiger charge is -2.27. The Morgan fingerprint density at radius 1 is 1.12 bits per heavy atom. The third-order valence-electron chi connectivity index (χ3n) is 3.73. The molecule has 1 atom stereocenters. The number of nitrogens with one attached hydrogen (secondary N) is 3. The summed E-state index contributed by atoms with van der Waals surface area (Å²) in [4.78, 5) is 23.9. The van der Waals surface area contributed by atoms with Crippen LogP contribution in [0.5, 0.6) is 5.75 Å². The van der Waals surface area contributed by atoms with Gasteiger partial charge in [-0.05, 0) is 30.3 Å². The fourth-order valence-corrected chi connectivity index (χ4v) is 2.75. The van der Waals surface area contributed by atoms with Crippen LogP contribution in [0.4, 0.5) is 9.18 Å². The Labute approximate surface area is 148 Å². The number of carbonyl (C=O) groups excluding carboxylic acids is 2. The maximum atomic E-state index is 12.8. The molecule has 0 radical (unpaired) electrons. The van der Waals surface area contributed by atoms with Gasteiger partial charge in [0.25, 0.3) is 5.91 Å². The van der Waals surface area contributed by atoms with Gasteiger partial charge in [-0.25, -0.2) is 14.6 Å². The zero-order valence-corrected chi connectivity index (χ0v) is 13.8. The minimum Gasteiger partial charge on any atom is -0.492 e. The molecular formula is C17H15ClFN3O3. The number of benzene rings is 2. The van der Waals surface area contributed by atoms with Crippen molar-refractivity contribution >= 4 is 23.5 Å². The molecule has 0 bridgehead atoms. The molecule has 3 amide bonds. The fraction of sp³-hybridized carbons (Fsp3) is 0.176. The van der Waals surface area contributed by atoms with E-state index in [1.807, 2.05) is 6.07 Å². The molecule has 8 heteroatoms. The molecule has 2 aromatic carbocycles. The van der Waals surface area contributed by atoms with Crippen molar-refractivity contribution in [3.8, 4) is 5.75 Å². The summed E-state index contributed by atoms with van der Waals surface area (Å²) in [5.74, 6) is -0.444. The molecule has 0 saturated carbocycles. The van der Waals surface area contributed by atoms with Gasteiger partial charge in [0.15, 0.2) is 0 Å². The second-order valence-corrected chi connectivity index (χ2v) is 5.81. The van der Waals surface area contributed by atoms with Crippen molar-refractivity contribution in [2.24, 2.45) is 0 Å². The zero-order chi connectivity index (χ0) is 17.8. The van der Waals surface area contributed by atoms with Crippen molar-refractivity contribution in [2.45, 2.75) is 12.5 Å². The zero-order valence-electron chi connectivity index (χ0n) is 13.0. The smallest absolute Gasteiger partial charge is 0.333 e. The Kier molecular flexibility index (Phi) is 5.04. The summed E-state index contributed by atoms with van der Waals surface area (Å²) in [7, 11) is 0. The first kappa shape index (κ1) is 17.0. The van der Waals surface area contributed by atoms with Crippen molar-refractivity contribution < 1.29 is 18.7 Å². The van der Waals surface area contributed by atoms with Gasteiger partial charge < -0.3 is 10.1 Å². The Morgan fingerprint density at radius 3 is 2.64 bits per heavy atom. The third kappa shape index (κ3) is 4.00. The van der Waals surface area contributed by atoms with Gasteiger partial charge in [0, 0.05) is 17.5 Å². The second-order valence-electron chi connectivity index (χ2n) is 5.41. The van der Waals surface area contributed by atoms with E-state index in [4.69, 9.17) is 16.3 Å². The number of hydrogen-bond acceptors (Lipinski definition) is 3. The maximum Gasteiger partial charge on any atom is 0.333 e. The van der Waals surface area contributed by atoms with Crippen LogP contribution in [0.2, 0.25) is 5.02 Å². The Bertz CT molecular complexity index is 798. The summed E-state index contributed by atoms with van der Waals surface area (Å²) >= 11 is 6.09. The summed E-state index contributed by atoms with van der Waals surface area (Å²) in [6.45, 7) is 0.420. The van der Waals surface area contributed by atoms with Crippen LogP contribution < -0.4 is 20.9 Å². The topological polar surface area (TPSA) is 79.5 Å².